The molecule has 0 aromatic heterocycles. The average molecular weight is 366 g/mol. The number of hydrogen-bond acceptors (Lipinski definition) is 4. The molecule has 1 aliphatic carbocycles. The van der Waals surface area contributed by atoms with Crippen LogP contribution in [0, 0.1) is 22.6 Å². The number of halogens is 2. The zero-order valence-electron chi connectivity index (χ0n) is 12.4. The molecule has 0 spiro atoms. The van der Waals surface area contributed by atoms with Crippen LogP contribution in [0.25, 0.3) is 0 Å². The zero-order chi connectivity index (χ0) is 17.5. The number of aliphatic hydroxyl groups excluding tert-OH is 1. The van der Waals surface area contributed by atoms with Gasteiger partial charge >= 0.3 is 0 Å². The van der Waals surface area contributed by atoms with E-state index in [1.807, 2.05) is 6.07 Å². The predicted octanol–water partition coefficient (Wildman–Crippen LogP) is 2.92. The van der Waals surface area contributed by atoms with E-state index in [1.165, 1.54) is 42.5 Å². The second kappa shape index (κ2) is 5.85. The Morgan fingerprint density at radius 1 is 1.25 bits per heavy atom. The van der Waals surface area contributed by atoms with Crippen LogP contribution in [-0.2, 0) is 9.84 Å². The van der Waals surface area contributed by atoms with Gasteiger partial charge in [0.25, 0.3) is 0 Å². The van der Waals surface area contributed by atoms with Crippen molar-refractivity contribution in [3.05, 3.63) is 64.9 Å². The number of hydrogen-bond donors (Lipinski definition) is 1. The second-order valence-corrected chi connectivity index (χ2v) is 8.27. The van der Waals surface area contributed by atoms with Crippen molar-refractivity contribution >= 4 is 21.4 Å². The Labute approximate surface area is 144 Å². The van der Waals surface area contributed by atoms with E-state index in [-0.39, 0.29) is 4.90 Å². The molecule has 3 atom stereocenters. The maximum atomic E-state index is 13.5. The van der Waals surface area contributed by atoms with E-state index in [9.17, 15) is 23.2 Å². The Morgan fingerprint density at radius 2 is 1.92 bits per heavy atom. The van der Waals surface area contributed by atoms with E-state index in [0.717, 1.165) is 0 Å². The third-order valence-corrected chi connectivity index (χ3v) is 6.95. The first kappa shape index (κ1) is 16.9. The van der Waals surface area contributed by atoms with E-state index in [0.29, 0.717) is 10.6 Å². The standard InChI is InChI=1S/C17H13ClFNO3S/c18-12-4-6-14(7-5-12)24(22,23)16-15(17(16,9-20)10-21)11-2-1-3-13(19)8-11/h1-8,15-16,21H,10H2/t15-,16+,17-/m1/s1. The molecule has 0 saturated heterocycles. The summed E-state index contributed by atoms with van der Waals surface area (Å²) in [5.74, 6) is -1.31. The molecule has 4 nitrogen and oxygen atoms in total. The van der Waals surface area contributed by atoms with Gasteiger partial charge in [0.05, 0.1) is 22.8 Å². The molecule has 0 heterocycles. The minimum Gasteiger partial charge on any atom is -0.395 e. The Morgan fingerprint density at radius 3 is 2.46 bits per heavy atom. The number of sulfone groups is 1. The van der Waals surface area contributed by atoms with Gasteiger partial charge in [-0.15, -0.1) is 0 Å². The lowest BCUT2D eigenvalue weighted by atomic mass is 10.0. The molecule has 0 radical (unpaired) electrons. The molecule has 0 bridgehead atoms. The first-order chi connectivity index (χ1) is 11.4. The maximum Gasteiger partial charge on any atom is 0.183 e. The first-order valence-corrected chi connectivity index (χ1v) is 9.06. The van der Waals surface area contributed by atoms with Gasteiger partial charge in [-0.3, -0.25) is 0 Å². The van der Waals surface area contributed by atoms with Gasteiger partial charge in [0.2, 0.25) is 0 Å². The summed E-state index contributed by atoms with van der Waals surface area (Å²) in [6.07, 6.45) is 0. The van der Waals surface area contributed by atoms with Crippen LogP contribution in [0.5, 0.6) is 0 Å². The summed E-state index contributed by atoms with van der Waals surface area (Å²) in [7, 11) is -3.89. The number of nitrogens with zero attached hydrogens (tertiary/aromatic N) is 1. The highest BCUT2D eigenvalue weighted by Crippen LogP contribution is 2.63. The highest BCUT2D eigenvalue weighted by molar-refractivity contribution is 7.92. The third-order valence-electron chi connectivity index (χ3n) is 4.41. The van der Waals surface area contributed by atoms with Crippen LogP contribution < -0.4 is 0 Å². The minimum atomic E-state index is -3.89. The van der Waals surface area contributed by atoms with Gasteiger partial charge in [-0.1, -0.05) is 23.7 Å². The molecule has 24 heavy (non-hydrogen) atoms. The fourth-order valence-electron chi connectivity index (χ4n) is 3.16. The smallest absolute Gasteiger partial charge is 0.183 e. The average Bonchev–Trinajstić information content (AvgIpc) is 3.26. The van der Waals surface area contributed by atoms with Crippen LogP contribution in [0.15, 0.2) is 53.4 Å². The van der Waals surface area contributed by atoms with Crippen LogP contribution in [0.4, 0.5) is 4.39 Å². The molecule has 1 N–H and O–H groups in total. The van der Waals surface area contributed by atoms with E-state index in [2.05, 4.69) is 0 Å². The normalized spacial score (nSPS) is 25.9. The molecule has 2 aromatic rings. The number of benzene rings is 2. The Kier molecular flexibility index (Phi) is 4.12. The monoisotopic (exact) mass is 365 g/mol. The summed E-state index contributed by atoms with van der Waals surface area (Å²) < 4.78 is 39.3. The van der Waals surface area contributed by atoms with Crippen molar-refractivity contribution in [3.63, 3.8) is 0 Å². The number of nitriles is 1. The van der Waals surface area contributed by atoms with Crippen molar-refractivity contribution in [1.29, 1.82) is 5.26 Å². The van der Waals surface area contributed by atoms with Crippen molar-refractivity contribution in [2.45, 2.75) is 16.1 Å². The lowest BCUT2D eigenvalue weighted by Crippen LogP contribution is -2.18. The topological polar surface area (TPSA) is 78.2 Å². The quantitative estimate of drug-likeness (QED) is 0.903. The van der Waals surface area contributed by atoms with E-state index in [1.54, 1.807) is 6.07 Å². The van der Waals surface area contributed by atoms with Gasteiger partial charge in [0, 0.05) is 10.9 Å². The second-order valence-electron chi connectivity index (χ2n) is 5.76. The van der Waals surface area contributed by atoms with Gasteiger partial charge in [-0.05, 0) is 42.0 Å². The fourth-order valence-corrected chi connectivity index (χ4v) is 5.60. The molecule has 0 aliphatic heterocycles. The first-order valence-electron chi connectivity index (χ1n) is 7.14. The molecular weight excluding hydrogens is 353 g/mol. The Balaban J connectivity index is 2.08. The van der Waals surface area contributed by atoms with Crippen molar-refractivity contribution < 1.29 is 17.9 Å². The van der Waals surface area contributed by atoms with Crippen LogP contribution in [-0.4, -0.2) is 25.4 Å². The largest absolute Gasteiger partial charge is 0.395 e. The lowest BCUT2D eigenvalue weighted by molar-refractivity contribution is 0.242. The van der Waals surface area contributed by atoms with Crippen LogP contribution >= 0.6 is 11.6 Å². The van der Waals surface area contributed by atoms with Crippen LogP contribution in [0.3, 0.4) is 0 Å². The fraction of sp³-hybridized carbons (Fsp3) is 0.235. The van der Waals surface area contributed by atoms with E-state index < -0.39 is 38.8 Å². The lowest BCUT2D eigenvalue weighted by Gasteiger charge is -2.06. The third kappa shape index (κ3) is 2.49. The molecule has 0 unspecified atom stereocenters. The predicted molar refractivity (Wildman–Crippen MR) is 86.7 cm³/mol. The summed E-state index contributed by atoms with van der Waals surface area (Å²) in [6, 6.07) is 13.0. The Bertz CT molecular complexity index is 924. The van der Waals surface area contributed by atoms with Gasteiger partial charge in [0.15, 0.2) is 9.84 Å². The molecule has 1 saturated carbocycles. The summed E-state index contributed by atoms with van der Waals surface area (Å²) in [4.78, 5) is 0.0175. The van der Waals surface area contributed by atoms with Crippen LogP contribution in [0.1, 0.15) is 11.5 Å². The Hall–Kier alpha value is -1.94. The molecule has 1 fully saturated rings. The molecule has 0 amide bonds. The van der Waals surface area contributed by atoms with Gasteiger partial charge in [0.1, 0.15) is 11.2 Å². The van der Waals surface area contributed by atoms with Crippen molar-refractivity contribution in [2.75, 3.05) is 6.61 Å². The van der Waals surface area contributed by atoms with Crippen molar-refractivity contribution in [3.8, 4) is 6.07 Å². The highest BCUT2D eigenvalue weighted by atomic mass is 35.5. The zero-order valence-corrected chi connectivity index (χ0v) is 13.9. The van der Waals surface area contributed by atoms with E-state index >= 15 is 0 Å². The van der Waals surface area contributed by atoms with Crippen LogP contribution in [0.2, 0.25) is 5.02 Å². The summed E-state index contributed by atoms with van der Waals surface area (Å²) >= 11 is 5.78. The summed E-state index contributed by atoms with van der Waals surface area (Å²) in [6.45, 7) is -0.623. The minimum absolute atomic E-state index is 0.0175. The van der Waals surface area contributed by atoms with Crippen molar-refractivity contribution in [1.82, 2.24) is 0 Å². The molecule has 7 heteroatoms. The van der Waals surface area contributed by atoms with E-state index in [4.69, 9.17) is 11.6 Å². The number of aliphatic hydroxyl groups is 1. The van der Waals surface area contributed by atoms with Gasteiger partial charge in [-0.2, -0.15) is 5.26 Å². The molecular formula is C17H13ClFNO3S. The number of rotatable bonds is 4. The SMILES string of the molecule is N#C[C@@]1(CO)[C@H](c2cccc(F)c2)[C@@H]1S(=O)(=O)c1ccc(Cl)cc1. The molecule has 3 rings (SSSR count). The van der Waals surface area contributed by atoms with Gasteiger partial charge in [-0.25, -0.2) is 12.8 Å². The highest BCUT2D eigenvalue weighted by Gasteiger charge is 2.72. The van der Waals surface area contributed by atoms with Crippen molar-refractivity contribution in [2.24, 2.45) is 5.41 Å². The van der Waals surface area contributed by atoms with Gasteiger partial charge < -0.3 is 5.11 Å². The molecule has 1 aliphatic rings. The molecule has 2 aromatic carbocycles. The summed E-state index contributed by atoms with van der Waals surface area (Å²) in [5.41, 5.74) is -1.10. The summed E-state index contributed by atoms with van der Waals surface area (Å²) in [5, 5.41) is 18.4. The molecule has 124 valence electrons. The maximum absolute atomic E-state index is 13.5.